The molecule has 0 unspecified atom stereocenters. The third kappa shape index (κ3) is 3.36. The third-order valence-electron chi connectivity index (χ3n) is 3.34. The topological polar surface area (TPSA) is 107 Å². The summed E-state index contributed by atoms with van der Waals surface area (Å²) in [4.78, 5) is 0.0697. The maximum Gasteiger partial charge on any atom is 0.241 e. The fourth-order valence-corrected chi connectivity index (χ4v) is 3.50. The van der Waals surface area contributed by atoms with Crippen molar-refractivity contribution >= 4 is 10.0 Å². The first-order chi connectivity index (χ1) is 9.21. The van der Waals surface area contributed by atoms with Crippen molar-refractivity contribution in [1.29, 1.82) is 0 Å². The van der Waals surface area contributed by atoms with Crippen molar-refractivity contribution in [3.8, 4) is 0 Å². The highest BCUT2D eigenvalue weighted by atomic mass is 32.2. The van der Waals surface area contributed by atoms with Crippen LogP contribution in [0.25, 0.3) is 0 Å². The molecule has 0 amide bonds. The molecular weight excluding hydrogens is 282 g/mol. The van der Waals surface area contributed by atoms with Gasteiger partial charge in [-0.25, -0.2) is 8.42 Å². The molecule has 0 radical (unpaired) electrons. The predicted octanol–water partition coefficient (Wildman–Crippen LogP) is -0.394. The maximum atomic E-state index is 12.4. The number of aliphatic hydroxyl groups excluding tert-OH is 3. The Morgan fingerprint density at radius 2 is 1.40 bits per heavy atom. The molecule has 0 heterocycles. The van der Waals surface area contributed by atoms with E-state index in [-0.39, 0.29) is 4.90 Å². The number of hydrogen-bond acceptors (Lipinski definition) is 5. The van der Waals surface area contributed by atoms with E-state index in [1.54, 1.807) is 19.9 Å². The molecule has 0 saturated heterocycles. The minimum Gasteiger partial charge on any atom is -0.394 e. The van der Waals surface area contributed by atoms with Gasteiger partial charge in [0.2, 0.25) is 10.0 Å². The van der Waals surface area contributed by atoms with Gasteiger partial charge in [-0.3, -0.25) is 0 Å². The Bertz CT molecular complexity index is 570. The van der Waals surface area contributed by atoms with Crippen molar-refractivity contribution < 1.29 is 23.7 Å². The minimum atomic E-state index is -3.95. The summed E-state index contributed by atoms with van der Waals surface area (Å²) in [6.45, 7) is 3.23. The summed E-state index contributed by atoms with van der Waals surface area (Å²) in [6.07, 6.45) is 0. The van der Waals surface area contributed by atoms with Gasteiger partial charge in [-0.15, -0.1) is 0 Å². The van der Waals surface area contributed by atoms with E-state index in [1.165, 1.54) is 6.07 Å². The van der Waals surface area contributed by atoms with Crippen LogP contribution in [-0.4, -0.2) is 49.1 Å². The normalized spacial score (nSPS) is 12.7. The Kier molecular flexibility index (Phi) is 5.28. The molecule has 1 aromatic rings. The first-order valence-electron chi connectivity index (χ1n) is 6.16. The molecule has 4 N–H and O–H groups in total. The molecule has 7 heteroatoms. The molecule has 0 aliphatic carbocycles. The fourth-order valence-electron chi connectivity index (χ4n) is 1.81. The first kappa shape index (κ1) is 17.1. The van der Waals surface area contributed by atoms with E-state index in [2.05, 4.69) is 4.72 Å². The summed E-state index contributed by atoms with van der Waals surface area (Å²) in [5.74, 6) is 0. The Labute approximate surface area is 119 Å². The largest absolute Gasteiger partial charge is 0.394 e. The molecule has 1 aromatic carbocycles. The molecule has 0 fully saturated rings. The van der Waals surface area contributed by atoms with Gasteiger partial charge < -0.3 is 15.3 Å². The predicted molar refractivity (Wildman–Crippen MR) is 75.0 cm³/mol. The molecule has 0 spiro atoms. The molecule has 0 aliphatic heterocycles. The van der Waals surface area contributed by atoms with E-state index in [0.29, 0.717) is 5.56 Å². The molecule has 1 rings (SSSR count). The standard InChI is InChI=1S/C13H21NO5S/c1-9-4-11(3)12(5-10(9)2)20(18,19)14-13(6-15,7-16)8-17/h4-5,14-17H,6-8H2,1-3H3. The van der Waals surface area contributed by atoms with Crippen LogP contribution in [0, 0.1) is 20.8 Å². The minimum absolute atomic E-state index is 0.0697. The molecule has 0 saturated carbocycles. The summed E-state index contributed by atoms with van der Waals surface area (Å²) in [7, 11) is -3.95. The lowest BCUT2D eigenvalue weighted by atomic mass is 10.1. The van der Waals surface area contributed by atoms with E-state index < -0.39 is 35.4 Å². The van der Waals surface area contributed by atoms with Crippen LogP contribution in [0.3, 0.4) is 0 Å². The molecule has 0 atom stereocenters. The van der Waals surface area contributed by atoms with Gasteiger partial charge in [0.15, 0.2) is 0 Å². The Morgan fingerprint density at radius 3 is 1.85 bits per heavy atom. The number of rotatable bonds is 6. The van der Waals surface area contributed by atoms with Crippen LogP contribution in [0.2, 0.25) is 0 Å². The van der Waals surface area contributed by atoms with E-state index in [0.717, 1.165) is 11.1 Å². The van der Waals surface area contributed by atoms with Gasteiger partial charge in [0.05, 0.1) is 24.7 Å². The number of nitrogens with one attached hydrogen (secondary N) is 1. The lowest BCUT2D eigenvalue weighted by Crippen LogP contribution is -2.56. The maximum absolute atomic E-state index is 12.4. The van der Waals surface area contributed by atoms with E-state index in [1.807, 2.05) is 6.92 Å². The number of benzene rings is 1. The second-order valence-corrected chi connectivity index (χ2v) is 6.71. The Balaban J connectivity index is 3.28. The Hall–Kier alpha value is -0.990. The lowest BCUT2D eigenvalue weighted by molar-refractivity contribution is 0.0582. The number of aliphatic hydroxyl groups is 3. The highest BCUT2D eigenvalue weighted by Gasteiger charge is 2.34. The zero-order chi connectivity index (χ0) is 15.6. The van der Waals surface area contributed by atoms with Gasteiger partial charge in [-0.1, -0.05) is 6.07 Å². The van der Waals surface area contributed by atoms with E-state index >= 15 is 0 Å². The van der Waals surface area contributed by atoms with Crippen molar-refractivity contribution in [1.82, 2.24) is 4.72 Å². The number of aryl methyl sites for hydroxylation is 3. The quantitative estimate of drug-likeness (QED) is 0.572. The van der Waals surface area contributed by atoms with Gasteiger partial charge >= 0.3 is 0 Å². The molecule has 20 heavy (non-hydrogen) atoms. The van der Waals surface area contributed by atoms with Crippen LogP contribution in [0.5, 0.6) is 0 Å². The van der Waals surface area contributed by atoms with Gasteiger partial charge in [0.1, 0.15) is 5.54 Å². The van der Waals surface area contributed by atoms with Crippen molar-refractivity contribution in [3.05, 3.63) is 28.8 Å². The van der Waals surface area contributed by atoms with Gasteiger partial charge in [-0.2, -0.15) is 4.72 Å². The first-order valence-corrected chi connectivity index (χ1v) is 7.64. The van der Waals surface area contributed by atoms with Crippen molar-refractivity contribution in [2.75, 3.05) is 19.8 Å². The van der Waals surface area contributed by atoms with Crippen LogP contribution >= 0.6 is 0 Å². The van der Waals surface area contributed by atoms with Crippen LogP contribution in [0.1, 0.15) is 16.7 Å². The molecular formula is C13H21NO5S. The SMILES string of the molecule is Cc1cc(C)c(S(=O)(=O)NC(CO)(CO)CO)cc1C. The fraction of sp³-hybridized carbons (Fsp3) is 0.538. The average molecular weight is 303 g/mol. The van der Waals surface area contributed by atoms with Crippen LogP contribution in [-0.2, 0) is 10.0 Å². The van der Waals surface area contributed by atoms with E-state index in [4.69, 9.17) is 0 Å². The van der Waals surface area contributed by atoms with Crippen LogP contribution in [0.15, 0.2) is 17.0 Å². The van der Waals surface area contributed by atoms with Gasteiger partial charge in [-0.05, 0) is 43.5 Å². The van der Waals surface area contributed by atoms with Gasteiger partial charge in [0, 0.05) is 0 Å². The monoisotopic (exact) mass is 303 g/mol. The average Bonchev–Trinajstić information content (AvgIpc) is 2.40. The summed E-state index contributed by atoms with van der Waals surface area (Å²) in [6, 6.07) is 3.28. The molecule has 6 nitrogen and oxygen atoms in total. The summed E-state index contributed by atoms with van der Waals surface area (Å²) < 4.78 is 26.9. The second-order valence-electron chi connectivity index (χ2n) is 5.06. The zero-order valence-corrected chi connectivity index (χ0v) is 12.7. The smallest absolute Gasteiger partial charge is 0.241 e. The van der Waals surface area contributed by atoms with Crippen LogP contribution in [0.4, 0.5) is 0 Å². The second kappa shape index (κ2) is 6.19. The Morgan fingerprint density at radius 1 is 0.950 bits per heavy atom. The zero-order valence-electron chi connectivity index (χ0n) is 11.8. The highest BCUT2D eigenvalue weighted by Crippen LogP contribution is 2.21. The van der Waals surface area contributed by atoms with Crippen LogP contribution < -0.4 is 4.72 Å². The number of hydrogen-bond donors (Lipinski definition) is 4. The molecule has 0 bridgehead atoms. The summed E-state index contributed by atoms with van der Waals surface area (Å²) >= 11 is 0. The highest BCUT2D eigenvalue weighted by molar-refractivity contribution is 7.89. The van der Waals surface area contributed by atoms with Crippen molar-refractivity contribution in [3.63, 3.8) is 0 Å². The lowest BCUT2D eigenvalue weighted by Gasteiger charge is -2.28. The van der Waals surface area contributed by atoms with Crippen molar-refractivity contribution in [2.45, 2.75) is 31.2 Å². The van der Waals surface area contributed by atoms with Crippen molar-refractivity contribution in [2.24, 2.45) is 0 Å². The van der Waals surface area contributed by atoms with Gasteiger partial charge in [0.25, 0.3) is 0 Å². The molecule has 0 aliphatic rings. The number of sulfonamides is 1. The third-order valence-corrected chi connectivity index (χ3v) is 5.06. The summed E-state index contributed by atoms with van der Waals surface area (Å²) in [5, 5.41) is 27.6. The molecule has 0 aromatic heterocycles. The van der Waals surface area contributed by atoms with E-state index in [9.17, 15) is 23.7 Å². The molecule has 114 valence electrons. The summed E-state index contributed by atoms with van der Waals surface area (Å²) in [5.41, 5.74) is 0.672.